The molecule has 0 aliphatic carbocycles. The number of rotatable bonds is 9. The summed E-state index contributed by atoms with van der Waals surface area (Å²) in [7, 11) is 2.90. The van der Waals surface area contributed by atoms with Crippen molar-refractivity contribution in [1.29, 1.82) is 0 Å². The van der Waals surface area contributed by atoms with Gasteiger partial charge in [0.1, 0.15) is 5.75 Å². The molecule has 2 aromatic carbocycles. The van der Waals surface area contributed by atoms with Gasteiger partial charge < -0.3 is 14.8 Å². The number of carbonyl (C=O) groups is 3. The molecule has 2 amide bonds. The fourth-order valence-electron chi connectivity index (χ4n) is 2.56. The van der Waals surface area contributed by atoms with Crippen LogP contribution in [0.15, 0.2) is 48.5 Å². The zero-order valence-electron chi connectivity index (χ0n) is 16.9. The molecule has 0 aliphatic rings. The summed E-state index contributed by atoms with van der Waals surface area (Å²) >= 11 is 0. The highest BCUT2D eigenvalue weighted by atomic mass is 16.5. The Bertz CT molecular complexity index is 831. The Hall–Kier alpha value is -3.35. The molecule has 1 N–H and O–H groups in total. The van der Waals surface area contributed by atoms with Gasteiger partial charge in [-0.1, -0.05) is 6.92 Å². The van der Waals surface area contributed by atoms with Crippen molar-refractivity contribution in [3.05, 3.63) is 54.1 Å². The van der Waals surface area contributed by atoms with Crippen molar-refractivity contribution in [2.45, 2.75) is 26.2 Å². The van der Waals surface area contributed by atoms with Crippen LogP contribution in [-0.2, 0) is 9.53 Å². The van der Waals surface area contributed by atoms with Crippen LogP contribution in [0.3, 0.4) is 0 Å². The van der Waals surface area contributed by atoms with Crippen LogP contribution in [0.1, 0.15) is 36.5 Å². The van der Waals surface area contributed by atoms with Crippen molar-refractivity contribution in [2.75, 3.05) is 31.0 Å². The van der Waals surface area contributed by atoms with Crippen LogP contribution in [0.5, 0.6) is 5.75 Å². The standard InChI is InChI=1S/C22H26N2O5/c1-4-15-29-19-11-5-16(6-12-19)20(25)13-14-21(26)23-17-7-9-18(10-8-17)24(2)22(27)28-3/h5-12H,4,13-15H2,1-3H3,(H,23,26). The van der Waals surface area contributed by atoms with Gasteiger partial charge in [0.2, 0.25) is 5.91 Å². The van der Waals surface area contributed by atoms with Crippen molar-refractivity contribution in [3.63, 3.8) is 0 Å². The second kappa shape index (κ2) is 10.8. The minimum Gasteiger partial charge on any atom is -0.494 e. The van der Waals surface area contributed by atoms with Crippen LogP contribution in [0, 0.1) is 0 Å². The van der Waals surface area contributed by atoms with Crippen LogP contribution >= 0.6 is 0 Å². The number of benzene rings is 2. The molecule has 7 heteroatoms. The summed E-state index contributed by atoms with van der Waals surface area (Å²) in [6, 6.07) is 13.7. The number of ketones is 1. The van der Waals surface area contributed by atoms with E-state index in [0.29, 0.717) is 23.5 Å². The first-order valence-electron chi connectivity index (χ1n) is 9.42. The number of nitrogens with one attached hydrogen (secondary N) is 1. The normalized spacial score (nSPS) is 10.2. The van der Waals surface area contributed by atoms with Crippen LogP contribution in [0.25, 0.3) is 0 Å². The molecule has 154 valence electrons. The molecule has 0 fully saturated rings. The molecular formula is C22H26N2O5. The number of ether oxygens (including phenoxy) is 2. The molecule has 0 aliphatic heterocycles. The first-order chi connectivity index (χ1) is 13.9. The fraction of sp³-hybridized carbons (Fsp3) is 0.318. The summed E-state index contributed by atoms with van der Waals surface area (Å²) in [5.74, 6) is 0.370. The van der Waals surface area contributed by atoms with Crippen molar-refractivity contribution in [2.24, 2.45) is 0 Å². The van der Waals surface area contributed by atoms with E-state index in [1.165, 1.54) is 12.0 Å². The van der Waals surface area contributed by atoms with Crippen molar-refractivity contribution in [3.8, 4) is 5.75 Å². The van der Waals surface area contributed by atoms with E-state index in [-0.39, 0.29) is 24.5 Å². The minimum atomic E-state index is -0.481. The van der Waals surface area contributed by atoms with Crippen LogP contribution in [0.4, 0.5) is 16.2 Å². The van der Waals surface area contributed by atoms with E-state index in [9.17, 15) is 14.4 Å². The Morgan fingerprint density at radius 3 is 2.21 bits per heavy atom. The van der Waals surface area contributed by atoms with Crippen LogP contribution in [-0.4, -0.2) is 38.5 Å². The van der Waals surface area contributed by atoms with Gasteiger partial charge in [0.25, 0.3) is 0 Å². The molecule has 2 aromatic rings. The number of anilines is 2. The number of hydrogen-bond acceptors (Lipinski definition) is 5. The molecule has 0 saturated heterocycles. The molecule has 0 spiro atoms. The van der Waals surface area contributed by atoms with Gasteiger partial charge in [-0.25, -0.2) is 4.79 Å². The molecule has 0 aromatic heterocycles. The topological polar surface area (TPSA) is 84.9 Å². The summed E-state index contributed by atoms with van der Waals surface area (Å²) in [5.41, 5.74) is 1.77. The van der Waals surface area contributed by atoms with Gasteiger partial charge >= 0.3 is 6.09 Å². The molecule has 0 radical (unpaired) electrons. The zero-order valence-corrected chi connectivity index (χ0v) is 16.9. The van der Waals surface area contributed by atoms with Gasteiger partial charge in [-0.15, -0.1) is 0 Å². The van der Waals surface area contributed by atoms with Gasteiger partial charge in [0, 0.05) is 36.8 Å². The average molecular weight is 398 g/mol. The van der Waals surface area contributed by atoms with Crippen LogP contribution < -0.4 is 15.0 Å². The summed E-state index contributed by atoms with van der Waals surface area (Å²) in [6.07, 6.45) is 0.631. The van der Waals surface area contributed by atoms with Crippen molar-refractivity contribution >= 4 is 29.2 Å². The van der Waals surface area contributed by atoms with Gasteiger partial charge in [0.05, 0.1) is 13.7 Å². The third kappa shape index (κ3) is 6.64. The lowest BCUT2D eigenvalue weighted by atomic mass is 10.1. The van der Waals surface area contributed by atoms with E-state index >= 15 is 0 Å². The highest BCUT2D eigenvalue weighted by Crippen LogP contribution is 2.18. The lowest BCUT2D eigenvalue weighted by Gasteiger charge is -2.15. The maximum absolute atomic E-state index is 12.3. The van der Waals surface area contributed by atoms with E-state index in [2.05, 4.69) is 10.1 Å². The van der Waals surface area contributed by atoms with E-state index in [1.54, 1.807) is 55.6 Å². The van der Waals surface area contributed by atoms with Gasteiger partial charge in [-0.05, 0) is 55.0 Å². The first-order valence-corrected chi connectivity index (χ1v) is 9.42. The summed E-state index contributed by atoms with van der Waals surface area (Å²) in [5, 5.41) is 2.74. The quantitative estimate of drug-likeness (QED) is 0.637. The highest BCUT2D eigenvalue weighted by Gasteiger charge is 2.12. The lowest BCUT2D eigenvalue weighted by molar-refractivity contribution is -0.116. The molecule has 2 rings (SSSR count). The summed E-state index contributed by atoms with van der Waals surface area (Å²) in [4.78, 5) is 37.2. The monoisotopic (exact) mass is 398 g/mol. The molecule has 0 saturated carbocycles. The van der Waals surface area contributed by atoms with E-state index in [1.807, 2.05) is 6.92 Å². The van der Waals surface area contributed by atoms with Gasteiger partial charge in [-0.2, -0.15) is 0 Å². The number of carbonyl (C=O) groups excluding carboxylic acids is 3. The molecular weight excluding hydrogens is 372 g/mol. The first kappa shape index (κ1) is 21.9. The van der Waals surface area contributed by atoms with Crippen molar-refractivity contribution < 1.29 is 23.9 Å². The average Bonchev–Trinajstić information content (AvgIpc) is 2.75. The number of hydrogen-bond donors (Lipinski definition) is 1. The number of Topliss-reactive ketones (excluding diaryl/α,β-unsaturated/α-hetero) is 1. The summed E-state index contributed by atoms with van der Waals surface area (Å²) < 4.78 is 10.1. The predicted molar refractivity (Wildman–Crippen MR) is 112 cm³/mol. The Morgan fingerprint density at radius 2 is 1.62 bits per heavy atom. The largest absolute Gasteiger partial charge is 0.494 e. The molecule has 0 heterocycles. The Balaban J connectivity index is 1.83. The van der Waals surface area contributed by atoms with E-state index < -0.39 is 6.09 Å². The van der Waals surface area contributed by atoms with Gasteiger partial charge in [-0.3, -0.25) is 14.5 Å². The highest BCUT2D eigenvalue weighted by molar-refractivity contribution is 6.00. The predicted octanol–water partition coefficient (Wildman–Crippen LogP) is 4.28. The summed E-state index contributed by atoms with van der Waals surface area (Å²) in [6.45, 7) is 2.66. The maximum Gasteiger partial charge on any atom is 0.413 e. The molecule has 29 heavy (non-hydrogen) atoms. The van der Waals surface area contributed by atoms with E-state index in [4.69, 9.17) is 4.74 Å². The second-order valence-corrected chi connectivity index (χ2v) is 6.42. The van der Waals surface area contributed by atoms with Gasteiger partial charge in [0.15, 0.2) is 5.78 Å². The SMILES string of the molecule is CCCOc1ccc(C(=O)CCC(=O)Nc2ccc(N(C)C(=O)OC)cc2)cc1. The third-order valence-electron chi connectivity index (χ3n) is 4.22. The Morgan fingerprint density at radius 1 is 0.966 bits per heavy atom. The minimum absolute atomic E-state index is 0.0801. The second-order valence-electron chi connectivity index (χ2n) is 6.42. The third-order valence-corrected chi connectivity index (χ3v) is 4.22. The molecule has 0 bridgehead atoms. The Labute approximate surface area is 170 Å². The van der Waals surface area contributed by atoms with Crippen molar-refractivity contribution in [1.82, 2.24) is 0 Å². The lowest BCUT2D eigenvalue weighted by Crippen LogP contribution is -2.25. The number of nitrogens with zero attached hydrogens (tertiary/aromatic N) is 1. The number of amides is 2. The fourth-order valence-corrected chi connectivity index (χ4v) is 2.56. The number of methoxy groups -OCH3 is 1. The smallest absolute Gasteiger partial charge is 0.413 e. The molecule has 7 nitrogen and oxygen atoms in total. The van der Waals surface area contributed by atoms with E-state index in [0.717, 1.165) is 12.2 Å². The maximum atomic E-state index is 12.3. The molecule has 0 unspecified atom stereocenters. The Kier molecular flexibility index (Phi) is 8.21. The molecule has 0 atom stereocenters. The van der Waals surface area contributed by atoms with Crippen LogP contribution in [0.2, 0.25) is 0 Å². The zero-order chi connectivity index (χ0) is 21.2.